The molecule has 11 heteroatoms. The van der Waals surface area contributed by atoms with Crippen LogP contribution < -0.4 is 11.5 Å². The SMILES string of the molecule is Cl.Cl.NCC[S][Ge](=[O])[O][Ge](=[O])[S]CCN. The zero-order valence-electron chi connectivity index (χ0n) is 7.84. The molecule has 0 radical (unpaired) electrons. The second-order valence-electron chi connectivity index (χ2n) is 1.88. The number of rotatable bonds is 8. The molecule has 0 aromatic rings. The molecule has 0 aliphatic heterocycles. The third-order valence-corrected chi connectivity index (χ3v) is 16.6. The van der Waals surface area contributed by atoms with E-state index in [0.717, 1.165) is 0 Å². The van der Waals surface area contributed by atoms with E-state index in [2.05, 4.69) is 0 Å². The van der Waals surface area contributed by atoms with Crippen LogP contribution in [0.15, 0.2) is 0 Å². The second kappa shape index (κ2) is 15.7. The third kappa shape index (κ3) is 15.7. The fraction of sp³-hybridized carbons (Fsp3) is 1.00. The molecule has 0 aromatic carbocycles. The Morgan fingerprint density at radius 3 is 1.53 bits per heavy atom. The van der Waals surface area contributed by atoms with Gasteiger partial charge in [0.05, 0.1) is 0 Å². The monoisotopic (exact) mass is 420 g/mol. The van der Waals surface area contributed by atoms with Crippen molar-refractivity contribution in [1.29, 1.82) is 0 Å². The Kier molecular flexibility index (Phi) is 22.9. The summed E-state index contributed by atoms with van der Waals surface area (Å²) in [5.74, 6) is 1.21. The fourth-order valence-electron chi connectivity index (χ4n) is 0.411. The van der Waals surface area contributed by atoms with E-state index in [-0.39, 0.29) is 24.8 Å². The summed E-state index contributed by atoms with van der Waals surface area (Å²) in [4.78, 5) is 0. The molecular formula is C4H14Cl2Ge2N2O3S2. The summed E-state index contributed by atoms with van der Waals surface area (Å²) < 4.78 is 27.1. The van der Waals surface area contributed by atoms with Crippen molar-refractivity contribution in [2.24, 2.45) is 11.5 Å². The topological polar surface area (TPSA) is 95.4 Å². The summed E-state index contributed by atoms with van der Waals surface area (Å²) >= 11 is -5.58. The van der Waals surface area contributed by atoms with Crippen LogP contribution in [0.2, 0.25) is 0 Å². The van der Waals surface area contributed by atoms with Gasteiger partial charge in [0.1, 0.15) is 0 Å². The molecule has 15 heavy (non-hydrogen) atoms. The van der Waals surface area contributed by atoms with Crippen molar-refractivity contribution in [3.05, 3.63) is 0 Å². The normalized spacial score (nSPS) is 8.40. The minimum absolute atomic E-state index is 0. The first-order valence-corrected chi connectivity index (χ1v) is 14.2. The zero-order chi connectivity index (χ0) is 10.1. The molecule has 4 N–H and O–H groups in total. The van der Waals surface area contributed by atoms with Gasteiger partial charge < -0.3 is 0 Å². The van der Waals surface area contributed by atoms with Crippen LogP contribution in [0.25, 0.3) is 0 Å². The van der Waals surface area contributed by atoms with Crippen molar-refractivity contribution in [2.75, 3.05) is 24.6 Å². The second-order valence-corrected chi connectivity index (χ2v) is 15.1. The van der Waals surface area contributed by atoms with E-state index >= 15 is 0 Å². The summed E-state index contributed by atoms with van der Waals surface area (Å²) in [6, 6.07) is 0. The Morgan fingerprint density at radius 2 is 1.27 bits per heavy atom. The summed E-state index contributed by atoms with van der Waals surface area (Å²) in [6.45, 7) is 0.938. The summed E-state index contributed by atoms with van der Waals surface area (Å²) in [5, 5.41) is 0. The molecular weight excluding hydrogens is 404 g/mol. The maximum atomic E-state index is 11.1. The van der Waals surface area contributed by atoms with Gasteiger partial charge in [-0.25, -0.2) is 0 Å². The van der Waals surface area contributed by atoms with Gasteiger partial charge in [0.15, 0.2) is 0 Å². The van der Waals surface area contributed by atoms with Crippen molar-refractivity contribution in [3.8, 4) is 0 Å². The van der Waals surface area contributed by atoms with Crippen LogP contribution in [-0.4, -0.2) is 51.6 Å². The van der Waals surface area contributed by atoms with E-state index in [9.17, 15) is 7.56 Å². The van der Waals surface area contributed by atoms with Gasteiger partial charge in [0.25, 0.3) is 0 Å². The molecule has 0 atom stereocenters. The van der Waals surface area contributed by atoms with Crippen molar-refractivity contribution in [1.82, 2.24) is 0 Å². The first kappa shape index (κ1) is 21.9. The summed E-state index contributed by atoms with van der Waals surface area (Å²) in [7, 11) is 2.40. The van der Waals surface area contributed by atoms with Crippen molar-refractivity contribution < 1.29 is 10.3 Å². The molecule has 0 aromatic heterocycles. The molecule has 0 amide bonds. The van der Waals surface area contributed by atoms with Crippen LogP contribution in [-0.2, 0) is 10.3 Å². The van der Waals surface area contributed by atoms with E-state index in [1.54, 1.807) is 0 Å². The molecule has 0 saturated heterocycles. The molecule has 0 aliphatic carbocycles. The van der Waals surface area contributed by atoms with E-state index in [4.69, 9.17) is 14.3 Å². The number of nitrogens with two attached hydrogens (primary N) is 2. The van der Waals surface area contributed by atoms with Crippen molar-refractivity contribution in [2.45, 2.75) is 0 Å². The standard InChI is InChI=1S/C4H12Ge2N2O3S2.2ClH/c7-1-3-12-5(9)11-6(10)13-4-2-8;;/h1-4,7-8H2;2*1H. The summed E-state index contributed by atoms with van der Waals surface area (Å²) in [5.41, 5.74) is 10.4. The zero-order valence-corrected chi connectivity index (χ0v) is 15.3. The Balaban J connectivity index is -0.000000720. The Morgan fingerprint density at radius 1 is 0.933 bits per heavy atom. The predicted octanol–water partition coefficient (Wildman–Crippen LogP) is 0.0612. The molecule has 0 saturated carbocycles. The molecule has 0 heterocycles. The Labute approximate surface area is 117 Å². The van der Waals surface area contributed by atoms with Gasteiger partial charge in [-0.1, -0.05) is 0 Å². The molecule has 0 unspecified atom stereocenters. The number of halogens is 2. The van der Waals surface area contributed by atoms with Crippen LogP contribution >= 0.6 is 45.0 Å². The van der Waals surface area contributed by atoms with Crippen LogP contribution in [0.4, 0.5) is 0 Å². The quantitative estimate of drug-likeness (QED) is 0.539. The average Bonchev–Trinajstić information content (AvgIpc) is 2.11. The Hall–Kier alpha value is 1.69. The van der Waals surface area contributed by atoms with Crippen molar-refractivity contribution in [3.63, 3.8) is 0 Å². The molecule has 0 rings (SSSR count). The first-order chi connectivity index (χ1) is 6.20. The minimum atomic E-state index is -2.79. The molecule has 5 nitrogen and oxygen atoms in total. The van der Waals surface area contributed by atoms with Crippen LogP contribution in [0.5, 0.6) is 0 Å². The van der Waals surface area contributed by atoms with E-state index in [1.165, 1.54) is 20.2 Å². The van der Waals surface area contributed by atoms with Gasteiger partial charge >= 0.3 is 93.5 Å². The predicted molar refractivity (Wildman–Crippen MR) is 71.5 cm³/mol. The molecule has 0 fully saturated rings. The third-order valence-electron chi connectivity index (χ3n) is 0.842. The van der Waals surface area contributed by atoms with E-state index < -0.39 is 27.0 Å². The van der Waals surface area contributed by atoms with Gasteiger partial charge in [-0.3, -0.25) is 0 Å². The van der Waals surface area contributed by atoms with Gasteiger partial charge in [-0.05, 0) is 0 Å². The number of hydrogen-bond acceptors (Lipinski definition) is 7. The molecule has 0 bridgehead atoms. The fourth-order valence-corrected chi connectivity index (χ4v) is 16.6. The first-order valence-electron chi connectivity index (χ1n) is 3.62. The summed E-state index contributed by atoms with van der Waals surface area (Å²) in [6.07, 6.45) is 0. The average molecular weight is 418 g/mol. The van der Waals surface area contributed by atoms with Crippen LogP contribution in [0.3, 0.4) is 0 Å². The van der Waals surface area contributed by atoms with Crippen molar-refractivity contribution >= 4 is 71.9 Å². The Bertz CT molecular complexity index is 173. The maximum absolute atomic E-state index is 11.1. The van der Waals surface area contributed by atoms with Gasteiger partial charge in [0, 0.05) is 0 Å². The van der Waals surface area contributed by atoms with Gasteiger partial charge in [0.2, 0.25) is 0 Å². The number of hydrogen-bond donors (Lipinski definition) is 2. The van der Waals surface area contributed by atoms with Gasteiger partial charge in [-0.2, -0.15) is 0 Å². The molecule has 92 valence electrons. The van der Waals surface area contributed by atoms with E-state index in [1.807, 2.05) is 0 Å². The molecule has 0 aliphatic rings. The van der Waals surface area contributed by atoms with Crippen LogP contribution in [0.1, 0.15) is 0 Å². The van der Waals surface area contributed by atoms with Crippen LogP contribution in [0, 0.1) is 0 Å². The molecule has 0 spiro atoms. The van der Waals surface area contributed by atoms with E-state index in [0.29, 0.717) is 24.6 Å². The van der Waals surface area contributed by atoms with Gasteiger partial charge in [-0.15, -0.1) is 24.8 Å².